The van der Waals surface area contributed by atoms with Gasteiger partial charge in [0.15, 0.2) is 0 Å². The molecule has 0 aromatic heterocycles. The molecule has 3 N–H and O–H groups in total. The molecule has 0 aliphatic rings. The molecule has 0 spiro atoms. The smallest absolute Gasteiger partial charge is 0.251 e. The Bertz CT molecular complexity index is 1040. The van der Waals surface area contributed by atoms with Crippen LogP contribution < -0.4 is 24.8 Å². The number of benzene rings is 3. The fourth-order valence-corrected chi connectivity index (χ4v) is 3.63. The van der Waals surface area contributed by atoms with Crippen LogP contribution in [0.2, 0.25) is 0 Å². The maximum atomic E-state index is 13.1. The average Bonchev–Trinajstić information content (AvgIpc) is 2.88. The fraction of sp³-hybridized carbons (Fsp3) is 0.296. The van der Waals surface area contributed by atoms with E-state index in [0.29, 0.717) is 36.6 Å². The van der Waals surface area contributed by atoms with Crippen molar-refractivity contribution < 1.29 is 24.1 Å². The largest absolute Gasteiger partial charge is 0.497 e. The molecule has 0 radical (unpaired) electrons. The third-order valence-electron chi connectivity index (χ3n) is 5.51. The molecule has 0 fully saturated rings. The predicted molar refractivity (Wildman–Crippen MR) is 132 cm³/mol. The lowest BCUT2D eigenvalue weighted by molar-refractivity contribution is 0.0829. The summed E-state index contributed by atoms with van der Waals surface area (Å²) < 4.78 is 15.8. The van der Waals surface area contributed by atoms with Gasteiger partial charge in [0.1, 0.15) is 17.2 Å². The Kier molecular flexibility index (Phi) is 9.31. The summed E-state index contributed by atoms with van der Waals surface area (Å²) in [5, 5.41) is 17.3. The van der Waals surface area contributed by atoms with Crippen LogP contribution in [0.4, 0.5) is 0 Å². The van der Waals surface area contributed by atoms with Crippen LogP contribution in [0.3, 0.4) is 0 Å². The molecule has 3 aromatic carbocycles. The van der Waals surface area contributed by atoms with Crippen LogP contribution in [0.25, 0.3) is 0 Å². The highest BCUT2D eigenvalue weighted by molar-refractivity contribution is 5.95. The summed E-state index contributed by atoms with van der Waals surface area (Å²) in [4.78, 5) is 13.1. The topological polar surface area (TPSA) is 89.1 Å². The lowest BCUT2D eigenvalue weighted by atomic mass is 10.00. The van der Waals surface area contributed by atoms with Crippen LogP contribution >= 0.6 is 0 Å². The van der Waals surface area contributed by atoms with E-state index < -0.39 is 12.1 Å². The summed E-state index contributed by atoms with van der Waals surface area (Å²) in [5.74, 6) is 1.50. The first-order chi connectivity index (χ1) is 16.5. The third-order valence-corrected chi connectivity index (χ3v) is 5.51. The second kappa shape index (κ2) is 12.6. The van der Waals surface area contributed by atoms with Gasteiger partial charge < -0.3 is 30.0 Å². The number of aliphatic hydroxyl groups is 1. The van der Waals surface area contributed by atoms with Gasteiger partial charge in [0.25, 0.3) is 5.91 Å². The molecule has 1 amide bonds. The maximum absolute atomic E-state index is 13.1. The maximum Gasteiger partial charge on any atom is 0.251 e. The standard InChI is InChI=1S/C27H32N2O5/c1-32-22-11-7-10-20(12-22)17-28-18-26(30)25(13-19-8-5-4-6-9-19)29-27(31)21-14-23(33-2)16-24(15-21)34-3/h4-12,14-16,25-26,28,30H,13,17-18H2,1-3H3,(H,29,31)/t25-,26-/m0/s1. The molecule has 3 aromatic rings. The number of nitrogens with one attached hydrogen (secondary N) is 2. The van der Waals surface area contributed by atoms with E-state index in [1.54, 1.807) is 25.3 Å². The van der Waals surface area contributed by atoms with Crippen molar-refractivity contribution in [1.29, 1.82) is 0 Å². The van der Waals surface area contributed by atoms with Crippen molar-refractivity contribution in [2.45, 2.75) is 25.1 Å². The quantitative estimate of drug-likeness (QED) is 0.382. The number of hydrogen-bond acceptors (Lipinski definition) is 6. The van der Waals surface area contributed by atoms with E-state index in [2.05, 4.69) is 10.6 Å². The van der Waals surface area contributed by atoms with Gasteiger partial charge in [-0.3, -0.25) is 4.79 Å². The van der Waals surface area contributed by atoms with E-state index in [1.165, 1.54) is 14.2 Å². The minimum Gasteiger partial charge on any atom is -0.497 e. The highest BCUT2D eigenvalue weighted by Crippen LogP contribution is 2.22. The summed E-state index contributed by atoms with van der Waals surface area (Å²) in [6.45, 7) is 0.865. The summed E-state index contributed by atoms with van der Waals surface area (Å²) in [6, 6.07) is 22.0. The third kappa shape index (κ3) is 7.23. The van der Waals surface area contributed by atoms with E-state index in [0.717, 1.165) is 16.9 Å². The second-order valence-corrected chi connectivity index (χ2v) is 7.92. The van der Waals surface area contributed by atoms with Gasteiger partial charge in [0.2, 0.25) is 0 Å². The molecule has 0 bridgehead atoms. The molecule has 7 heteroatoms. The van der Waals surface area contributed by atoms with Crippen molar-refractivity contribution in [3.8, 4) is 17.2 Å². The van der Waals surface area contributed by atoms with Gasteiger partial charge in [-0.2, -0.15) is 0 Å². The summed E-state index contributed by atoms with van der Waals surface area (Å²) >= 11 is 0. The first kappa shape index (κ1) is 25.1. The van der Waals surface area contributed by atoms with Gasteiger partial charge in [-0.15, -0.1) is 0 Å². The molecule has 34 heavy (non-hydrogen) atoms. The van der Waals surface area contributed by atoms with Gasteiger partial charge in [-0.05, 0) is 41.8 Å². The SMILES string of the molecule is COc1cccc(CNC[C@H](O)[C@H](Cc2ccccc2)NC(=O)c2cc(OC)cc(OC)c2)c1. The molecule has 0 saturated carbocycles. The Hall–Kier alpha value is -3.55. The lowest BCUT2D eigenvalue weighted by Gasteiger charge is -2.25. The van der Waals surface area contributed by atoms with Crippen molar-refractivity contribution in [3.05, 3.63) is 89.5 Å². The van der Waals surface area contributed by atoms with Crippen molar-refractivity contribution in [3.63, 3.8) is 0 Å². The molecular formula is C27H32N2O5. The first-order valence-corrected chi connectivity index (χ1v) is 11.1. The second-order valence-electron chi connectivity index (χ2n) is 7.92. The van der Waals surface area contributed by atoms with Crippen LogP contribution in [-0.2, 0) is 13.0 Å². The molecule has 0 heterocycles. The van der Waals surface area contributed by atoms with Crippen LogP contribution in [0, 0.1) is 0 Å². The number of methoxy groups -OCH3 is 3. The van der Waals surface area contributed by atoms with Crippen LogP contribution in [0.15, 0.2) is 72.8 Å². The Balaban J connectivity index is 1.70. The van der Waals surface area contributed by atoms with Gasteiger partial charge in [-0.25, -0.2) is 0 Å². The fourth-order valence-electron chi connectivity index (χ4n) is 3.63. The van der Waals surface area contributed by atoms with E-state index in [4.69, 9.17) is 14.2 Å². The molecule has 2 atom stereocenters. The van der Waals surface area contributed by atoms with E-state index >= 15 is 0 Å². The summed E-state index contributed by atoms with van der Waals surface area (Å²) in [6.07, 6.45) is -0.336. The highest BCUT2D eigenvalue weighted by atomic mass is 16.5. The van der Waals surface area contributed by atoms with E-state index in [9.17, 15) is 9.90 Å². The number of rotatable bonds is 12. The monoisotopic (exact) mass is 464 g/mol. The first-order valence-electron chi connectivity index (χ1n) is 11.1. The number of carbonyl (C=O) groups is 1. The van der Waals surface area contributed by atoms with E-state index in [1.807, 2.05) is 54.6 Å². The Labute approximate surface area is 200 Å². The van der Waals surface area contributed by atoms with Gasteiger partial charge in [0.05, 0.1) is 33.5 Å². The number of amides is 1. The van der Waals surface area contributed by atoms with Crippen molar-refractivity contribution >= 4 is 5.91 Å². The lowest BCUT2D eigenvalue weighted by Crippen LogP contribution is -2.48. The van der Waals surface area contributed by atoms with Crippen LogP contribution in [0.5, 0.6) is 17.2 Å². The molecule has 180 valence electrons. The molecular weight excluding hydrogens is 432 g/mol. The van der Waals surface area contributed by atoms with Gasteiger partial charge in [-0.1, -0.05) is 42.5 Å². The van der Waals surface area contributed by atoms with Crippen molar-refractivity contribution in [1.82, 2.24) is 10.6 Å². The minimum atomic E-state index is -0.817. The molecule has 3 rings (SSSR count). The Morgan fingerprint density at radius 3 is 2.12 bits per heavy atom. The molecule has 0 unspecified atom stereocenters. The van der Waals surface area contributed by atoms with Crippen molar-refractivity contribution in [2.75, 3.05) is 27.9 Å². The highest BCUT2D eigenvalue weighted by Gasteiger charge is 2.23. The predicted octanol–water partition coefficient (Wildman–Crippen LogP) is 3.20. The average molecular weight is 465 g/mol. The zero-order valence-electron chi connectivity index (χ0n) is 19.8. The molecule has 0 aliphatic carbocycles. The van der Waals surface area contributed by atoms with Gasteiger partial charge in [0, 0.05) is 24.7 Å². The van der Waals surface area contributed by atoms with Crippen molar-refractivity contribution in [2.24, 2.45) is 0 Å². The number of ether oxygens (including phenoxy) is 3. The number of carbonyl (C=O) groups excluding carboxylic acids is 1. The van der Waals surface area contributed by atoms with E-state index in [-0.39, 0.29) is 5.91 Å². The minimum absolute atomic E-state index is 0.302. The normalized spacial score (nSPS) is 12.5. The zero-order valence-corrected chi connectivity index (χ0v) is 19.8. The number of aliphatic hydroxyl groups excluding tert-OH is 1. The van der Waals surface area contributed by atoms with Crippen LogP contribution in [0.1, 0.15) is 21.5 Å². The zero-order chi connectivity index (χ0) is 24.3. The molecule has 0 saturated heterocycles. The summed E-state index contributed by atoms with van der Waals surface area (Å²) in [5.41, 5.74) is 2.45. The molecule has 0 aliphatic heterocycles. The van der Waals surface area contributed by atoms with Gasteiger partial charge >= 0.3 is 0 Å². The summed E-state index contributed by atoms with van der Waals surface area (Å²) in [7, 11) is 4.70. The Morgan fingerprint density at radius 1 is 0.824 bits per heavy atom. The van der Waals surface area contributed by atoms with Crippen LogP contribution in [-0.4, -0.2) is 51.0 Å². The Morgan fingerprint density at radius 2 is 1.47 bits per heavy atom. The number of hydrogen-bond donors (Lipinski definition) is 3. The molecule has 7 nitrogen and oxygen atoms in total.